The summed E-state index contributed by atoms with van der Waals surface area (Å²) in [5.41, 5.74) is 2.37. The van der Waals surface area contributed by atoms with E-state index in [1.807, 2.05) is 25.1 Å². The van der Waals surface area contributed by atoms with Crippen molar-refractivity contribution in [3.63, 3.8) is 0 Å². The van der Waals surface area contributed by atoms with Crippen LogP contribution in [-0.2, 0) is 16.6 Å². The second-order valence-corrected chi connectivity index (χ2v) is 8.93. The summed E-state index contributed by atoms with van der Waals surface area (Å²) in [6.07, 6.45) is 1.14. The fraction of sp³-hybridized carbons (Fsp3) is 0.231. The van der Waals surface area contributed by atoms with Gasteiger partial charge in [0, 0.05) is 21.6 Å². The van der Waals surface area contributed by atoms with E-state index in [1.54, 1.807) is 6.07 Å². The molecule has 0 atom stereocenters. The van der Waals surface area contributed by atoms with Crippen molar-refractivity contribution in [1.82, 2.24) is 0 Å². The van der Waals surface area contributed by atoms with Crippen LogP contribution in [0.3, 0.4) is 0 Å². The van der Waals surface area contributed by atoms with E-state index in [-0.39, 0.29) is 0 Å². The molecule has 21 heavy (non-hydrogen) atoms. The van der Waals surface area contributed by atoms with Crippen LogP contribution >= 0.6 is 38.9 Å². The van der Waals surface area contributed by atoms with E-state index >= 15 is 0 Å². The van der Waals surface area contributed by atoms with Gasteiger partial charge in [-0.1, -0.05) is 11.6 Å². The average molecular weight is 410 g/mol. The largest absolute Gasteiger partial charge is 0.380 e. The van der Waals surface area contributed by atoms with Crippen LogP contribution < -0.4 is 10.0 Å². The van der Waals surface area contributed by atoms with Crippen LogP contribution in [0.15, 0.2) is 28.7 Å². The Morgan fingerprint density at radius 2 is 2.05 bits per heavy atom. The molecule has 1 heterocycles. The van der Waals surface area contributed by atoms with Crippen LogP contribution in [0.5, 0.6) is 0 Å². The number of halogens is 2. The van der Waals surface area contributed by atoms with Gasteiger partial charge >= 0.3 is 0 Å². The van der Waals surface area contributed by atoms with Crippen molar-refractivity contribution in [2.45, 2.75) is 13.5 Å². The molecule has 0 spiro atoms. The maximum absolute atomic E-state index is 11.2. The first kappa shape index (κ1) is 16.6. The first-order valence-electron chi connectivity index (χ1n) is 6.00. The predicted octanol–water partition coefficient (Wildman–Crippen LogP) is 4.46. The van der Waals surface area contributed by atoms with Crippen molar-refractivity contribution in [3.05, 3.63) is 43.5 Å². The Hall–Kier alpha value is -0.760. The van der Waals surface area contributed by atoms with Crippen LogP contribution in [0.2, 0.25) is 4.34 Å². The van der Waals surface area contributed by atoms with Gasteiger partial charge < -0.3 is 5.32 Å². The second-order valence-electron chi connectivity index (χ2n) is 4.59. The van der Waals surface area contributed by atoms with E-state index in [1.165, 1.54) is 11.3 Å². The zero-order chi connectivity index (χ0) is 15.6. The Bertz CT molecular complexity index is 740. The Balaban J connectivity index is 2.06. The van der Waals surface area contributed by atoms with Gasteiger partial charge in [0.25, 0.3) is 0 Å². The van der Waals surface area contributed by atoms with Crippen molar-refractivity contribution < 1.29 is 8.42 Å². The fourth-order valence-electron chi connectivity index (χ4n) is 1.76. The molecule has 114 valence electrons. The summed E-state index contributed by atoms with van der Waals surface area (Å²) in [5, 5.41) is 3.29. The van der Waals surface area contributed by atoms with Crippen molar-refractivity contribution in [1.29, 1.82) is 0 Å². The quantitative estimate of drug-likeness (QED) is 0.766. The summed E-state index contributed by atoms with van der Waals surface area (Å²) < 4.78 is 26.6. The van der Waals surface area contributed by atoms with Gasteiger partial charge in [0.1, 0.15) is 4.34 Å². The average Bonchev–Trinajstić information content (AvgIpc) is 2.68. The maximum Gasteiger partial charge on any atom is 0.229 e. The van der Waals surface area contributed by atoms with Crippen molar-refractivity contribution in [2.75, 3.05) is 16.3 Å². The van der Waals surface area contributed by atoms with Crippen LogP contribution in [0.4, 0.5) is 11.4 Å². The van der Waals surface area contributed by atoms with Gasteiger partial charge in [0.05, 0.1) is 11.9 Å². The minimum atomic E-state index is -3.26. The molecule has 4 nitrogen and oxygen atoms in total. The van der Waals surface area contributed by atoms with Gasteiger partial charge in [-0.25, -0.2) is 8.42 Å². The van der Waals surface area contributed by atoms with E-state index < -0.39 is 10.0 Å². The predicted molar refractivity (Wildman–Crippen MR) is 94.0 cm³/mol. The lowest BCUT2D eigenvalue weighted by molar-refractivity contribution is 0.607. The van der Waals surface area contributed by atoms with E-state index in [2.05, 4.69) is 26.0 Å². The lowest BCUT2D eigenvalue weighted by atomic mass is 10.2. The molecule has 0 bridgehead atoms. The topological polar surface area (TPSA) is 58.2 Å². The monoisotopic (exact) mass is 408 g/mol. The number of thiophene rings is 1. The molecule has 0 amide bonds. The fourth-order valence-corrected chi connectivity index (χ4v) is 4.11. The van der Waals surface area contributed by atoms with E-state index in [4.69, 9.17) is 11.6 Å². The van der Waals surface area contributed by atoms with Gasteiger partial charge in [-0.15, -0.1) is 11.3 Å². The van der Waals surface area contributed by atoms with E-state index in [0.29, 0.717) is 12.2 Å². The van der Waals surface area contributed by atoms with Gasteiger partial charge in [-0.05, 0) is 52.7 Å². The first-order valence-corrected chi connectivity index (χ1v) is 9.88. The van der Waals surface area contributed by atoms with Crippen molar-refractivity contribution >= 4 is 60.3 Å². The summed E-state index contributed by atoms with van der Waals surface area (Å²) in [6, 6.07) is 7.46. The third-order valence-electron chi connectivity index (χ3n) is 2.68. The van der Waals surface area contributed by atoms with Crippen LogP contribution in [0.1, 0.15) is 10.4 Å². The highest BCUT2D eigenvalue weighted by Gasteiger charge is 2.07. The molecule has 0 aliphatic heterocycles. The maximum atomic E-state index is 11.2. The number of benzene rings is 1. The minimum absolute atomic E-state index is 0.588. The Morgan fingerprint density at radius 3 is 2.57 bits per heavy atom. The summed E-state index contributed by atoms with van der Waals surface area (Å²) >= 11 is 10.9. The summed E-state index contributed by atoms with van der Waals surface area (Å²) in [4.78, 5) is 1.11. The van der Waals surface area contributed by atoms with Crippen LogP contribution in [-0.4, -0.2) is 14.7 Å². The molecule has 2 aromatic rings. The van der Waals surface area contributed by atoms with Crippen LogP contribution in [0, 0.1) is 6.92 Å². The molecule has 0 aliphatic carbocycles. The smallest absolute Gasteiger partial charge is 0.229 e. The number of hydrogen-bond acceptors (Lipinski definition) is 4. The van der Waals surface area contributed by atoms with Crippen LogP contribution in [0.25, 0.3) is 0 Å². The number of rotatable bonds is 5. The molecule has 0 radical (unpaired) electrons. The highest BCUT2D eigenvalue weighted by atomic mass is 79.9. The zero-order valence-corrected chi connectivity index (χ0v) is 15.4. The lowest BCUT2D eigenvalue weighted by Crippen LogP contribution is -2.10. The van der Waals surface area contributed by atoms with Gasteiger partial charge in [-0.3, -0.25) is 4.72 Å². The third-order valence-corrected chi connectivity index (χ3v) is 5.75. The summed E-state index contributed by atoms with van der Waals surface area (Å²) in [6.45, 7) is 2.52. The molecule has 0 saturated carbocycles. The van der Waals surface area contributed by atoms with Gasteiger partial charge in [0.15, 0.2) is 0 Å². The molecule has 0 aliphatic rings. The first-order chi connectivity index (χ1) is 9.74. The second kappa shape index (κ2) is 6.56. The van der Waals surface area contributed by atoms with Gasteiger partial charge in [0.2, 0.25) is 10.0 Å². The SMILES string of the molecule is Cc1cc(NCc2cc(Br)c(Cl)s2)ccc1NS(C)(=O)=O. The van der Waals surface area contributed by atoms with E-state index in [0.717, 1.165) is 31.2 Å². The third kappa shape index (κ3) is 4.88. The highest BCUT2D eigenvalue weighted by Crippen LogP contribution is 2.32. The number of nitrogens with one attached hydrogen (secondary N) is 2. The molecule has 1 aromatic carbocycles. The number of hydrogen-bond donors (Lipinski definition) is 2. The Morgan fingerprint density at radius 1 is 1.33 bits per heavy atom. The molecule has 2 N–H and O–H groups in total. The Kier molecular flexibility index (Phi) is 5.19. The number of sulfonamides is 1. The summed E-state index contributed by atoms with van der Waals surface area (Å²) in [7, 11) is -3.26. The highest BCUT2D eigenvalue weighted by molar-refractivity contribution is 9.10. The van der Waals surface area contributed by atoms with Crippen molar-refractivity contribution in [2.24, 2.45) is 0 Å². The molecular weight excluding hydrogens is 396 g/mol. The van der Waals surface area contributed by atoms with E-state index in [9.17, 15) is 8.42 Å². The minimum Gasteiger partial charge on any atom is -0.380 e. The molecule has 8 heteroatoms. The molecule has 1 aromatic heterocycles. The lowest BCUT2D eigenvalue weighted by Gasteiger charge is -2.11. The molecular formula is C13H14BrClN2O2S2. The Labute approximate surface area is 141 Å². The normalized spacial score (nSPS) is 11.4. The zero-order valence-electron chi connectivity index (χ0n) is 11.4. The molecule has 0 unspecified atom stereocenters. The standard InChI is InChI=1S/C13H14BrClN2O2S2/c1-8-5-9(3-4-12(8)17-21(2,18)19)16-7-10-6-11(14)13(15)20-10/h3-6,16-17H,7H2,1-2H3. The molecule has 2 rings (SSSR count). The molecule has 0 fully saturated rings. The number of aryl methyl sites for hydroxylation is 1. The molecule has 0 saturated heterocycles. The van der Waals surface area contributed by atoms with Crippen molar-refractivity contribution in [3.8, 4) is 0 Å². The van der Waals surface area contributed by atoms with Gasteiger partial charge in [-0.2, -0.15) is 0 Å². The number of anilines is 2. The summed E-state index contributed by atoms with van der Waals surface area (Å²) in [5.74, 6) is 0.